The molecule has 0 unspecified atom stereocenters. The zero-order valence-corrected chi connectivity index (χ0v) is 19.4. The highest BCUT2D eigenvalue weighted by molar-refractivity contribution is 6.42. The van der Waals surface area contributed by atoms with E-state index >= 15 is 0 Å². The maximum absolute atomic E-state index is 13.2. The maximum atomic E-state index is 13.2. The molecular weight excluding hydrogens is 476 g/mol. The molecule has 0 spiro atoms. The molecule has 0 radical (unpaired) electrons. The normalized spacial score (nSPS) is 11.6. The zero-order valence-electron chi connectivity index (χ0n) is 17.9. The molecule has 0 saturated heterocycles. The molecule has 0 N–H and O–H groups in total. The molecule has 33 heavy (non-hydrogen) atoms. The van der Waals surface area contributed by atoms with Crippen LogP contribution >= 0.6 is 23.2 Å². The van der Waals surface area contributed by atoms with Crippen LogP contribution in [0.1, 0.15) is 33.6 Å². The van der Waals surface area contributed by atoms with Crippen molar-refractivity contribution in [3.63, 3.8) is 0 Å². The molecule has 0 saturated carbocycles. The Kier molecular flexibility index (Phi) is 8.46. The van der Waals surface area contributed by atoms with E-state index in [2.05, 4.69) is 0 Å². The van der Waals surface area contributed by atoms with Crippen molar-refractivity contribution in [2.75, 3.05) is 20.3 Å². The molecule has 9 heteroatoms. The van der Waals surface area contributed by atoms with Crippen LogP contribution in [0.15, 0.2) is 60.8 Å². The summed E-state index contributed by atoms with van der Waals surface area (Å²) in [5.41, 5.74) is 1.02. The third kappa shape index (κ3) is 6.76. The Morgan fingerprint density at radius 1 is 1.06 bits per heavy atom. The van der Waals surface area contributed by atoms with E-state index in [1.807, 2.05) is 10.6 Å². The van der Waals surface area contributed by atoms with Gasteiger partial charge in [-0.2, -0.15) is 13.2 Å². The van der Waals surface area contributed by atoms with Crippen LogP contribution < -0.4 is 0 Å². The molecule has 0 aliphatic rings. The minimum Gasteiger partial charge on any atom is -0.385 e. The first-order valence-corrected chi connectivity index (χ1v) is 11.0. The molecule has 1 heterocycles. The van der Waals surface area contributed by atoms with E-state index in [-0.39, 0.29) is 24.0 Å². The van der Waals surface area contributed by atoms with Crippen molar-refractivity contribution in [3.05, 3.63) is 93.2 Å². The maximum Gasteiger partial charge on any atom is 0.416 e. The first-order valence-electron chi connectivity index (χ1n) is 10.2. The van der Waals surface area contributed by atoms with E-state index in [0.717, 1.165) is 17.8 Å². The number of carbonyl (C=O) groups is 1. The van der Waals surface area contributed by atoms with Crippen LogP contribution in [0.2, 0.25) is 10.0 Å². The van der Waals surface area contributed by atoms with Gasteiger partial charge in [0.1, 0.15) is 0 Å². The second-order valence-electron chi connectivity index (χ2n) is 7.53. The van der Waals surface area contributed by atoms with Crippen molar-refractivity contribution in [2.24, 2.45) is 0 Å². The van der Waals surface area contributed by atoms with Gasteiger partial charge in [0.2, 0.25) is 0 Å². The molecule has 3 aromatic rings. The van der Waals surface area contributed by atoms with Gasteiger partial charge in [-0.05, 0) is 54.4 Å². The van der Waals surface area contributed by atoms with Crippen molar-refractivity contribution in [1.29, 1.82) is 0 Å². The summed E-state index contributed by atoms with van der Waals surface area (Å²) in [5, 5.41) is 0.640. The van der Waals surface area contributed by atoms with Gasteiger partial charge in [-0.25, -0.2) is 0 Å². The third-order valence-electron chi connectivity index (χ3n) is 5.11. The SMILES string of the molecule is COCCCN(Cc1cccn1Cc1cccc(C(F)(F)F)c1)C(=O)c1ccc(Cl)c(Cl)c1. The van der Waals surface area contributed by atoms with Crippen molar-refractivity contribution >= 4 is 29.1 Å². The number of amides is 1. The van der Waals surface area contributed by atoms with Crippen LogP contribution in [-0.4, -0.2) is 35.6 Å². The monoisotopic (exact) mass is 498 g/mol. The number of hydrogen-bond donors (Lipinski definition) is 0. The molecule has 1 aromatic heterocycles. The van der Waals surface area contributed by atoms with E-state index in [4.69, 9.17) is 27.9 Å². The van der Waals surface area contributed by atoms with Crippen LogP contribution in [0.25, 0.3) is 0 Å². The summed E-state index contributed by atoms with van der Waals surface area (Å²) < 4.78 is 46.2. The van der Waals surface area contributed by atoms with Crippen molar-refractivity contribution in [3.8, 4) is 0 Å². The average Bonchev–Trinajstić information content (AvgIpc) is 3.20. The summed E-state index contributed by atoms with van der Waals surface area (Å²) in [5.74, 6) is -0.225. The van der Waals surface area contributed by atoms with Crippen LogP contribution in [0.5, 0.6) is 0 Å². The molecule has 0 bridgehead atoms. The molecule has 1 amide bonds. The van der Waals surface area contributed by atoms with Gasteiger partial charge in [-0.3, -0.25) is 4.79 Å². The predicted molar refractivity (Wildman–Crippen MR) is 123 cm³/mol. The second-order valence-corrected chi connectivity index (χ2v) is 8.34. The number of ether oxygens (including phenoxy) is 1. The first kappa shape index (κ1) is 25.1. The van der Waals surface area contributed by atoms with E-state index in [9.17, 15) is 18.0 Å². The van der Waals surface area contributed by atoms with E-state index in [1.165, 1.54) is 12.1 Å². The van der Waals surface area contributed by atoms with Gasteiger partial charge in [-0.1, -0.05) is 35.3 Å². The highest BCUT2D eigenvalue weighted by Gasteiger charge is 2.30. The number of halogens is 5. The predicted octanol–water partition coefficient (Wildman–Crippen LogP) is 6.54. The van der Waals surface area contributed by atoms with E-state index in [0.29, 0.717) is 35.7 Å². The average molecular weight is 499 g/mol. The van der Waals surface area contributed by atoms with Crippen LogP contribution in [0.3, 0.4) is 0 Å². The van der Waals surface area contributed by atoms with Gasteiger partial charge >= 0.3 is 6.18 Å². The molecule has 0 aliphatic carbocycles. The lowest BCUT2D eigenvalue weighted by Gasteiger charge is -2.24. The molecule has 0 atom stereocenters. The van der Waals surface area contributed by atoms with Crippen molar-refractivity contribution < 1.29 is 22.7 Å². The summed E-state index contributed by atoms with van der Waals surface area (Å²) >= 11 is 12.1. The number of hydrogen-bond acceptors (Lipinski definition) is 2. The highest BCUT2D eigenvalue weighted by atomic mass is 35.5. The van der Waals surface area contributed by atoms with Gasteiger partial charge in [0.15, 0.2) is 0 Å². The number of methoxy groups -OCH3 is 1. The lowest BCUT2D eigenvalue weighted by molar-refractivity contribution is -0.137. The Bertz CT molecular complexity index is 1100. The lowest BCUT2D eigenvalue weighted by Crippen LogP contribution is -2.33. The molecular formula is C24H23Cl2F3N2O2. The Balaban J connectivity index is 1.82. The fourth-order valence-electron chi connectivity index (χ4n) is 3.45. The molecule has 2 aromatic carbocycles. The first-order chi connectivity index (χ1) is 15.7. The molecule has 0 aliphatic heterocycles. The minimum atomic E-state index is -4.40. The standard InChI is InChI=1S/C24H23Cl2F3N2O2/c1-33-12-4-11-31(23(32)18-8-9-21(25)22(26)14-18)16-20-7-3-10-30(20)15-17-5-2-6-19(13-17)24(27,28)29/h2-3,5-10,13-14H,4,11-12,15-16H2,1H3. The van der Waals surface area contributed by atoms with Crippen LogP contribution in [0.4, 0.5) is 13.2 Å². The Morgan fingerprint density at radius 2 is 1.85 bits per heavy atom. The van der Waals surface area contributed by atoms with Crippen molar-refractivity contribution in [1.82, 2.24) is 9.47 Å². The Hall–Kier alpha value is -2.48. The van der Waals surface area contributed by atoms with Gasteiger partial charge < -0.3 is 14.2 Å². The summed E-state index contributed by atoms with van der Waals surface area (Å²) in [4.78, 5) is 14.9. The molecule has 176 valence electrons. The number of nitrogens with zero attached hydrogens (tertiary/aromatic N) is 2. The zero-order chi connectivity index (χ0) is 24.0. The van der Waals surface area contributed by atoms with E-state index in [1.54, 1.807) is 42.5 Å². The molecule has 0 fully saturated rings. The van der Waals surface area contributed by atoms with Crippen LogP contribution in [0, 0.1) is 0 Å². The fraction of sp³-hybridized carbons (Fsp3) is 0.292. The summed E-state index contributed by atoms with van der Waals surface area (Å²) in [6.45, 7) is 1.44. The Labute approximate surface area is 200 Å². The smallest absolute Gasteiger partial charge is 0.385 e. The van der Waals surface area contributed by atoms with Gasteiger partial charge in [0, 0.05) is 44.3 Å². The summed E-state index contributed by atoms with van der Waals surface area (Å²) in [6.07, 6.45) is -2.00. The fourth-order valence-corrected chi connectivity index (χ4v) is 3.75. The number of aromatic nitrogens is 1. The number of rotatable bonds is 9. The minimum absolute atomic E-state index is 0.225. The molecule has 3 rings (SSSR count). The molecule has 4 nitrogen and oxygen atoms in total. The van der Waals surface area contributed by atoms with Crippen LogP contribution in [-0.2, 0) is 24.0 Å². The lowest BCUT2D eigenvalue weighted by atomic mass is 10.1. The van der Waals surface area contributed by atoms with E-state index < -0.39 is 11.7 Å². The third-order valence-corrected chi connectivity index (χ3v) is 5.85. The van der Waals surface area contributed by atoms with Gasteiger partial charge in [0.05, 0.1) is 22.2 Å². The number of benzene rings is 2. The van der Waals surface area contributed by atoms with Crippen molar-refractivity contribution in [2.45, 2.75) is 25.7 Å². The van der Waals surface area contributed by atoms with Gasteiger partial charge in [0.25, 0.3) is 5.91 Å². The van der Waals surface area contributed by atoms with Gasteiger partial charge in [-0.15, -0.1) is 0 Å². The second kappa shape index (κ2) is 11.1. The Morgan fingerprint density at radius 3 is 2.55 bits per heavy atom. The summed E-state index contributed by atoms with van der Waals surface area (Å²) in [6, 6.07) is 13.6. The topological polar surface area (TPSA) is 34.5 Å². The quantitative estimate of drug-likeness (QED) is 0.314. The highest BCUT2D eigenvalue weighted by Crippen LogP contribution is 2.30. The number of carbonyl (C=O) groups excluding carboxylic acids is 1. The number of alkyl halides is 3. The largest absolute Gasteiger partial charge is 0.416 e. The summed E-state index contributed by atoms with van der Waals surface area (Å²) in [7, 11) is 1.59.